The van der Waals surface area contributed by atoms with Crippen LogP contribution in [0.1, 0.15) is 6.42 Å². The molecule has 6 nitrogen and oxygen atoms in total. The molecular weight excluding hydrogens is 176 g/mol. The summed E-state index contributed by atoms with van der Waals surface area (Å²) in [5.74, 6) is 1.96. The van der Waals surface area contributed by atoms with Crippen LogP contribution in [-0.2, 0) is 9.59 Å². The second-order valence-corrected chi connectivity index (χ2v) is 2.80. The summed E-state index contributed by atoms with van der Waals surface area (Å²) in [5, 5.41) is 18.3. The lowest BCUT2D eigenvalue weighted by Gasteiger charge is -2.30. The van der Waals surface area contributed by atoms with Crippen molar-refractivity contribution >= 4 is 11.9 Å². The van der Waals surface area contributed by atoms with Crippen molar-refractivity contribution in [3.8, 4) is 0 Å². The average molecular weight is 186 g/mol. The van der Waals surface area contributed by atoms with Crippen molar-refractivity contribution in [2.24, 2.45) is 11.8 Å². The summed E-state index contributed by atoms with van der Waals surface area (Å²) >= 11 is 0. The average Bonchev–Trinajstić information content (AvgIpc) is 2.02. The molecule has 0 aromatic heterocycles. The van der Waals surface area contributed by atoms with Crippen molar-refractivity contribution in [2.45, 2.75) is 12.5 Å². The standard InChI is InChI=1S/C7H10N2O4/c8-9-3-1-2-4(6(10)11)5(9)7(12)13/h1,3-5H,2,8H2,(H,10,11)(H,12,13). The first-order chi connectivity index (χ1) is 6.04. The smallest absolute Gasteiger partial charge is 0.328 e. The van der Waals surface area contributed by atoms with Gasteiger partial charge in [0, 0.05) is 6.20 Å². The molecule has 0 amide bonds. The first-order valence-corrected chi connectivity index (χ1v) is 3.69. The van der Waals surface area contributed by atoms with E-state index in [2.05, 4.69) is 0 Å². The van der Waals surface area contributed by atoms with Gasteiger partial charge in [0.1, 0.15) is 0 Å². The number of aliphatic carboxylic acids is 2. The Labute approximate surface area is 74.2 Å². The Morgan fingerprint density at radius 2 is 2.00 bits per heavy atom. The third-order valence-corrected chi connectivity index (χ3v) is 1.94. The van der Waals surface area contributed by atoms with Gasteiger partial charge >= 0.3 is 11.9 Å². The monoisotopic (exact) mass is 186 g/mol. The zero-order chi connectivity index (χ0) is 10.0. The van der Waals surface area contributed by atoms with Crippen molar-refractivity contribution in [3.63, 3.8) is 0 Å². The molecule has 0 aliphatic carbocycles. The second-order valence-electron chi connectivity index (χ2n) is 2.80. The van der Waals surface area contributed by atoms with Crippen LogP contribution in [0.5, 0.6) is 0 Å². The summed E-state index contributed by atoms with van der Waals surface area (Å²) in [7, 11) is 0. The van der Waals surface area contributed by atoms with Gasteiger partial charge in [-0.2, -0.15) is 0 Å². The van der Waals surface area contributed by atoms with Gasteiger partial charge in [-0.25, -0.2) is 10.6 Å². The van der Waals surface area contributed by atoms with Gasteiger partial charge in [0.15, 0.2) is 6.04 Å². The van der Waals surface area contributed by atoms with E-state index in [-0.39, 0.29) is 6.42 Å². The molecule has 0 radical (unpaired) electrons. The molecule has 0 bridgehead atoms. The van der Waals surface area contributed by atoms with Crippen LogP contribution in [-0.4, -0.2) is 33.2 Å². The Morgan fingerprint density at radius 3 is 2.38 bits per heavy atom. The summed E-state index contributed by atoms with van der Waals surface area (Å²) in [5.41, 5.74) is 0. The fraction of sp³-hybridized carbons (Fsp3) is 0.429. The van der Waals surface area contributed by atoms with Crippen LogP contribution in [0.2, 0.25) is 0 Å². The van der Waals surface area contributed by atoms with Crippen molar-refractivity contribution in [1.82, 2.24) is 5.01 Å². The summed E-state index contributed by atoms with van der Waals surface area (Å²) in [6, 6.07) is -1.18. The minimum absolute atomic E-state index is 0.194. The van der Waals surface area contributed by atoms with E-state index in [1.54, 1.807) is 0 Å². The van der Waals surface area contributed by atoms with Crippen molar-refractivity contribution in [1.29, 1.82) is 0 Å². The highest BCUT2D eigenvalue weighted by atomic mass is 16.4. The second kappa shape index (κ2) is 3.44. The van der Waals surface area contributed by atoms with Crippen molar-refractivity contribution in [3.05, 3.63) is 12.3 Å². The van der Waals surface area contributed by atoms with E-state index in [9.17, 15) is 9.59 Å². The molecule has 2 atom stereocenters. The first-order valence-electron chi connectivity index (χ1n) is 3.69. The molecule has 2 unspecified atom stereocenters. The number of rotatable bonds is 2. The van der Waals surface area contributed by atoms with Crippen LogP contribution >= 0.6 is 0 Å². The number of allylic oxidation sites excluding steroid dienone is 1. The predicted molar refractivity (Wildman–Crippen MR) is 42.3 cm³/mol. The molecule has 0 saturated carbocycles. The fourth-order valence-corrected chi connectivity index (χ4v) is 1.29. The lowest BCUT2D eigenvalue weighted by Crippen LogP contribution is -2.51. The Kier molecular flexibility index (Phi) is 2.52. The van der Waals surface area contributed by atoms with Gasteiger partial charge in [-0.3, -0.25) is 4.79 Å². The van der Waals surface area contributed by atoms with Crippen LogP contribution in [0.25, 0.3) is 0 Å². The first kappa shape index (κ1) is 9.53. The maximum Gasteiger partial charge on any atom is 0.328 e. The van der Waals surface area contributed by atoms with Gasteiger partial charge in [0.2, 0.25) is 0 Å². The van der Waals surface area contributed by atoms with Crippen LogP contribution in [0.4, 0.5) is 0 Å². The van der Waals surface area contributed by atoms with E-state index < -0.39 is 23.9 Å². The van der Waals surface area contributed by atoms with Crippen LogP contribution in [0.3, 0.4) is 0 Å². The summed E-state index contributed by atoms with van der Waals surface area (Å²) in [6.45, 7) is 0. The topological polar surface area (TPSA) is 104 Å². The molecule has 0 aromatic carbocycles. The normalized spacial score (nSPS) is 27.3. The molecule has 4 N–H and O–H groups in total. The Morgan fingerprint density at radius 1 is 1.38 bits per heavy atom. The quantitative estimate of drug-likeness (QED) is 0.489. The largest absolute Gasteiger partial charge is 0.481 e. The number of nitrogens with zero attached hydrogens (tertiary/aromatic N) is 1. The lowest BCUT2D eigenvalue weighted by atomic mass is 9.93. The zero-order valence-electron chi connectivity index (χ0n) is 6.75. The minimum atomic E-state index is -1.22. The molecule has 1 aliphatic heterocycles. The lowest BCUT2D eigenvalue weighted by molar-refractivity contribution is -0.154. The number of carbonyl (C=O) groups is 2. The highest BCUT2D eigenvalue weighted by Gasteiger charge is 2.37. The third kappa shape index (κ3) is 1.78. The SMILES string of the molecule is NN1C=CCC(C(=O)O)C1C(=O)O. The Bertz CT molecular complexity index is 263. The van der Waals surface area contributed by atoms with Gasteiger partial charge in [0.25, 0.3) is 0 Å². The molecule has 72 valence electrons. The predicted octanol–water partition coefficient (Wildman–Crippen LogP) is -0.766. The van der Waals surface area contributed by atoms with E-state index in [1.165, 1.54) is 12.3 Å². The molecule has 1 aliphatic rings. The van der Waals surface area contributed by atoms with E-state index in [0.717, 1.165) is 5.01 Å². The number of carboxylic acids is 2. The number of hydrogen-bond acceptors (Lipinski definition) is 4. The van der Waals surface area contributed by atoms with Gasteiger partial charge in [-0.05, 0) is 6.42 Å². The van der Waals surface area contributed by atoms with Crippen molar-refractivity contribution in [2.75, 3.05) is 0 Å². The molecule has 0 aromatic rings. The maximum absolute atomic E-state index is 10.7. The fourth-order valence-electron chi connectivity index (χ4n) is 1.29. The van der Waals surface area contributed by atoms with Gasteiger partial charge in [-0.1, -0.05) is 6.08 Å². The van der Waals surface area contributed by atoms with Gasteiger partial charge in [-0.15, -0.1) is 0 Å². The summed E-state index contributed by atoms with van der Waals surface area (Å²) in [4.78, 5) is 21.3. The molecule has 0 saturated heterocycles. The summed E-state index contributed by atoms with van der Waals surface area (Å²) < 4.78 is 0. The highest BCUT2D eigenvalue weighted by Crippen LogP contribution is 2.19. The minimum Gasteiger partial charge on any atom is -0.481 e. The summed E-state index contributed by atoms with van der Waals surface area (Å²) in [6.07, 6.45) is 3.11. The van der Waals surface area contributed by atoms with E-state index in [0.29, 0.717) is 0 Å². The zero-order valence-corrected chi connectivity index (χ0v) is 6.75. The van der Waals surface area contributed by atoms with Crippen molar-refractivity contribution < 1.29 is 19.8 Å². The molecule has 0 fully saturated rings. The highest BCUT2D eigenvalue weighted by molar-refractivity contribution is 5.83. The number of nitrogens with two attached hydrogens (primary N) is 1. The van der Waals surface area contributed by atoms with E-state index >= 15 is 0 Å². The number of hydrogen-bond donors (Lipinski definition) is 3. The molecule has 6 heteroatoms. The van der Waals surface area contributed by atoms with E-state index in [4.69, 9.17) is 16.1 Å². The van der Waals surface area contributed by atoms with Crippen LogP contribution in [0, 0.1) is 5.92 Å². The van der Waals surface area contributed by atoms with Crippen LogP contribution < -0.4 is 5.84 Å². The molecular formula is C7H10N2O4. The van der Waals surface area contributed by atoms with E-state index in [1.807, 2.05) is 0 Å². The van der Waals surface area contributed by atoms with Gasteiger partial charge in [0.05, 0.1) is 5.92 Å². The Hall–Kier alpha value is -1.56. The molecule has 13 heavy (non-hydrogen) atoms. The number of hydrazine groups is 1. The van der Waals surface area contributed by atoms with Crippen LogP contribution in [0.15, 0.2) is 12.3 Å². The van der Waals surface area contributed by atoms with Gasteiger partial charge < -0.3 is 15.2 Å². The molecule has 1 rings (SSSR count). The maximum atomic E-state index is 10.7. The Balaban J connectivity index is 2.89. The molecule has 0 spiro atoms. The molecule has 1 heterocycles. The third-order valence-electron chi connectivity index (χ3n) is 1.94. The number of carboxylic acid groups (broad SMARTS) is 2.